The molecule has 1 aliphatic heterocycles. The maximum atomic E-state index is 13.6. The summed E-state index contributed by atoms with van der Waals surface area (Å²) < 4.78 is 7.52. The van der Waals surface area contributed by atoms with E-state index < -0.39 is 0 Å². The van der Waals surface area contributed by atoms with Crippen LogP contribution >= 0.6 is 0 Å². The van der Waals surface area contributed by atoms with Gasteiger partial charge in [-0.2, -0.15) is 0 Å². The molecule has 5 heteroatoms. The molecular weight excluding hydrogens is 376 g/mol. The molecule has 1 aliphatic rings. The molecular formula is C25H24N2O3. The smallest absolute Gasteiger partial charge is 0.195 e. The molecule has 1 fully saturated rings. The van der Waals surface area contributed by atoms with Crippen LogP contribution in [0.5, 0.6) is 5.75 Å². The third-order valence-corrected chi connectivity index (χ3v) is 5.91. The summed E-state index contributed by atoms with van der Waals surface area (Å²) in [5.41, 5.74) is 2.25. The number of ketones is 1. The van der Waals surface area contributed by atoms with Crippen molar-refractivity contribution in [2.75, 3.05) is 32.8 Å². The summed E-state index contributed by atoms with van der Waals surface area (Å²) in [6, 6.07) is 19.0. The summed E-state index contributed by atoms with van der Waals surface area (Å²) in [4.78, 5) is 15.9. The van der Waals surface area contributed by atoms with Gasteiger partial charge in [0.2, 0.25) is 0 Å². The summed E-state index contributed by atoms with van der Waals surface area (Å²) in [5, 5.41) is 12.9. The minimum atomic E-state index is 0.00705. The topological polar surface area (TPSA) is 54.7 Å². The molecule has 152 valence electrons. The van der Waals surface area contributed by atoms with Crippen molar-refractivity contribution in [1.82, 2.24) is 9.47 Å². The van der Waals surface area contributed by atoms with Gasteiger partial charge < -0.3 is 14.4 Å². The van der Waals surface area contributed by atoms with Gasteiger partial charge >= 0.3 is 0 Å². The van der Waals surface area contributed by atoms with Crippen molar-refractivity contribution in [2.24, 2.45) is 0 Å². The van der Waals surface area contributed by atoms with Gasteiger partial charge in [0.25, 0.3) is 0 Å². The van der Waals surface area contributed by atoms with Crippen LogP contribution in [-0.2, 0) is 11.3 Å². The van der Waals surface area contributed by atoms with E-state index in [1.54, 1.807) is 12.1 Å². The number of carbonyl (C=O) groups is 1. The van der Waals surface area contributed by atoms with Crippen molar-refractivity contribution in [3.05, 3.63) is 78.0 Å². The fourth-order valence-electron chi connectivity index (χ4n) is 4.29. The normalized spacial score (nSPS) is 15.1. The van der Waals surface area contributed by atoms with E-state index in [1.165, 1.54) is 0 Å². The van der Waals surface area contributed by atoms with E-state index >= 15 is 0 Å². The van der Waals surface area contributed by atoms with Crippen LogP contribution in [0.1, 0.15) is 15.9 Å². The number of nitrogens with zero attached hydrogens (tertiary/aromatic N) is 2. The summed E-state index contributed by atoms with van der Waals surface area (Å²) >= 11 is 0. The molecule has 1 N–H and O–H groups in total. The van der Waals surface area contributed by atoms with E-state index in [1.807, 2.05) is 54.7 Å². The highest BCUT2D eigenvalue weighted by Gasteiger charge is 2.19. The predicted octanol–water partition coefficient (Wildman–Crippen LogP) is 4.06. The minimum Gasteiger partial charge on any atom is -0.508 e. The maximum absolute atomic E-state index is 13.6. The van der Waals surface area contributed by atoms with E-state index in [0.29, 0.717) is 11.1 Å². The summed E-state index contributed by atoms with van der Waals surface area (Å²) in [5.74, 6) is 0.213. The Labute approximate surface area is 175 Å². The Morgan fingerprint density at radius 1 is 0.900 bits per heavy atom. The lowest BCUT2D eigenvalue weighted by atomic mass is 9.97. The summed E-state index contributed by atoms with van der Waals surface area (Å²) in [6.07, 6.45) is 1.94. The van der Waals surface area contributed by atoms with Crippen LogP contribution in [-0.4, -0.2) is 53.2 Å². The van der Waals surface area contributed by atoms with Gasteiger partial charge in [-0.15, -0.1) is 0 Å². The predicted molar refractivity (Wildman–Crippen MR) is 118 cm³/mol. The number of phenolic OH excluding ortho intramolecular Hbond substituents is 1. The molecule has 4 aromatic rings. The molecule has 0 aliphatic carbocycles. The van der Waals surface area contributed by atoms with Crippen LogP contribution in [0.15, 0.2) is 66.9 Å². The molecule has 0 atom stereocenters. The lowest BCUT2D eigenvalue weighted by Gasteiger charge is -2.26. The summed E-state index contributed by atoms with van der Waals surface area (Å²) in [6.45, 7) is 5.00. The second-order valence-corrected chi connectivity index (χ2v) is 7.75. The second-order valence-electron chi connectivity index (χ2n) is 7.75. The van der Waals surface area contributed by atoms with Gasteiger partial charge in [0.15, 0.2) is 5.78 Å². The number of carbonyl (C=O) groups excluding carboxylic acids is 1. The molecule has 0 amide bonds. The summed E-state index contributed by atoms with van der Waals surface area (Å²) in [7, 11) is 0. The standard InChI is InChI=1S/C25H24N2O3/c28-19-8-9-21-23(25(29)22-7-3-5-18-4-1-2-6-20(18)22)17-27(24(21)16-19)11-10-26-12-14-30-15-13-26/h1-9,16-17,28H,10-15H2. The molecule has 0 saturated carbocycles. The lowest BCUT2D eigenvalue weighted by Crippen LogP contribution is -2.38. The molecule has 3 aromatic carbocycles. The van der Waals surface area contributed by atoms with Gasteiger partial charge in [-0.05, 0) is 22.9 Å². The van der Waals surface area contributed by atoms with Crippen LogP contribution in [0.2, 0.25) is 0 Å². The Hall–Kier alpha value is -3.15. The molecule has 1 saturated heterocycles. The van der Waals surface area contributed by atoms with Crippen molar-refractivity contribution in [3.8, 4) is 5.75 Å². The highest BCUT2D eigenvalue weighted by Crippen LogP contribution is 2.29. The highest BCUT2D eigenvalue weighted by atomic mass is 16.5. The number of morpholine rings is 1. The van der Waals surface area contributed by atoms with E-state index in [2.05, 4.69) is 9.47 Å². The molecule has 0 bridgehead atoms. The van der Waals surface area contributed by atoms with Gasteiger partial charge in [0, 0.05) is 55.0 Å². The van der Waals surface area contributed by atoms with Crippen LogP contribution in [0, 0.1) is 0 Å². The molecule has 2 heterocycles. The Morgan fingerprint density at radius 3 is 2.57 bits per heavy atom. The second kappa shape index (κ2) is 7.94. The fourth-order valence-corrected chi connectivity index (χ4v) is 4.29. The van der Waals surface area contributed by atoms with Crippen LogP contribution in [0.25, 0.3) is 21.7 Å². The monoisotopic (exact) mass is 400 g/mol. The van der Waals surface area contributed by atoms with E-state index in [9.17, 15) is 9.90 Å². The third kappa shape index (κ3) is 3.47. The van der Waals surface area contributed by atoms with Crippen LogP contribution in [0.4, 0.5) is 0 Å². The van der Waals surface area contributed by atoms with Gasteiger partial charge in [-0.25, -0.2) is 0 Å². The number of hydrogen-bond donors (Lipinski definition) is 1. The molecule has 5 nitrogen and oxygen atoms in total. The van der Waals surface area contributed by atoms with Crippen molar-refractivity contribution < 1.29 is 14.6 Å². The fraction of sp³-hybridized carbons (Fsp3) is 0.240. The number of aromatic nitrogens is 1. The average Bonchev–Trinajstić information content (AvgIpc) is 3.15. The largest absolute Gasteiger partial charge is 0.508 e. The Balaban J connectivity index is 1.54. The molecule has 0 unspecified atom stereocenters. The van der Waals surface area contributed by atoms with Crippen molar-refractivity contribution >= 4 is 27.5 Å². The molecule has 30 heavy (non-hydrogen) atoms. The van der Waals surface area contributed by atoms with Gasteiger partial charge in [-0.3, -0.25) is 9.69 Å². The molecule has 1 aromatic heterocycles. The van der Waals surface area contributed by atoms with E-state index in [4.69, 9.17) is 4.74 Å². The lowest BCUT2D eigenvalue weighted by molar-refractivity contribution is 0.0365. The number of rotatable bonds is 5. The first-order valence-corrected chi connectivity index (χ1v) is 10.3. The van der Waals surface area contributed by atoms with Crippen LogP contribution in [0.3, 0.4) is 0 Å². The molecule has 0 spiro atoms. The number of benzene rings is 3. The zero-order valence-corrected chi connectivity index (χ0v) is 16.8. The van der Waals surface area contributed by atoms with E-state index in [-0.39, 0.29) is 11.5 Å². The van der Waals surface area contributed by atoms with Crippen molar-refractivity contribution in [2.45, 2.75) is 6.54 Å². The maximum Gasteiger partial charge on any atom is 0.195 e. The first kappa shape index (κ1) is 18.9. The number of aromatic hydroxyl groups is 1. The van der Waals surface area contributed by atoms with Crippen molar-refractivity contribution in [1.29, 1.82) is 0 Å². The van der Waals surface area contributed by atoms with Gasteiger partial charge in [0.1, 0.15) is 5.75 Å². The zero-order chi connectivity index (χ0) is 20.5. The Bertz CT molecular complexity index is 1220. The molecule has 5 rings (SSSR count). The number of hydrogen-bond acceptors (Lipinski definition) is 4. The first-order chi connectivity index (χ1) is 14.7. The van der Waals surface area contributed by atoms with Gasteiger partial charge in [0.05, 0.1) is 18.7 Å². The van der Waals surface area contributed by atoms with Gasteiger partial charge in [-0.1, -0.05) is 42.5 Å². The highest BCUT2D eigenvalue weighted by molar-refractivity contribution is 6.21. The third-order valence-electron chi connectivity index (χ3n) is 5.91. The number of phenols is 1. The zero-order valence-electron chi connectivity index (χ0n) is 16.8. The molecule has 0 radical (unpaired) electrons. The Morgan fingerprint density at radius 2 is 1.70 bits per heavy atom. The average molecular weight is 400 g/mol. The van der Waals surface area contributed by atoms with Crippen LogP contribution < -0.4 is 0 Å². The number of fused-ring (bicyclic) bond motifs is 2. The first-order valence-electron chi connectivity index (χ1n) is 10.3. The van der Waals surface area contributed by atoms with Crippen molar-refractivity contribution in [3.63, 3.8) is 0 Å². The minimum absolute atomic E-state index is 0.00705. The Kier molecular flexibility index (Phi) is 4.99. The van der Waals surface area contributed by atoms with E-state index in [0.717, 1.165) is 61.1 Å². The SMILES string of the molecule is O=C(c1cccc2ccccc12)c1cn(CCN2CCOCC2)c2cc(O)ccc12. The number of ether oxygens (including phenoxy) is 1. The quantitative estimate of drug-likeness (QED) is 0.513.